The molecule has 0 bridgehead atoms. The van der Waals surface area contributed by atoms with E-state index >= 15 is 0 Å². The quantitative estimate of drug-likeness (QED) is 0.759. The summed E-state index contributed by atoms with van der Waals surface area (Å²) in [6.45, 7) is 0. The van der Waals surface area contributed by atoms with Crippen LogP contribution in [-0.4, -0.2) is 5.78 Å². The molecule has 0 fully saturated rings. The highest BCUT2D eigenvalue weighted by Crippen LogP contribution is 2.20. The molecular weight excluding hydrogens is 275 g/mol. The highest BCUT2D eigenvalue weighted by atomic mass is 35.5. The fraction of sp³-hybridized carbons (Fsp3) is 0.235. The van der Waals surface area contributed by atoms with Crippen LogP contribution in [-0.2, 0) is 17.6 Å². The van der Waals surface area contributed by atoms with Gasteiger partial charge in [0.1, 0.15) is 11.6 Å². The van der Waals surface area contributed by atoms with Crippen LogP contribution in [0.4, 0.5) is 4.39 Å². The molecule has 3 heteroatoms. The maximum absolute atomic E-state index is 13.6. The molecule has 1 nitrogen and oxygen atoms in total. The van der Waals surface area contributed by atoms with Crippen LogP contribution in [0.3, 0.4) is 0 Å². The standard InChI is InChI=1S/C17H16ClFO/c18-16-10-5-11-17(19)15(16)12-14(20)9-4-8-13-6-2-1-3-7-13/h1-3,5-7,10-11H,4,8-9,12H2. The summed E-state index contributed by atoms with van der Waals surface area (Å²) in [5, 5.41) is 0.321. The molecule has 2 rings (SSSR count). The average molecular weight is 291 g/mol. The van der Waals surface area contributed by atoms with Crippen molar-refractivity contribution in [3.8, 4) is 0 Å². The number of hydrogen-bond donors (Lipinski definition) is 0. The second kappa shape index (κ2) is 7.20. The van der Waals surface area contributed by atoms with Crippen LogP contribution >= 0.6 is 11.6 Å². The van der Waals surface area contributed by atoms with E-state index in [1.165, 1.54) is 11.6 Å². The lowest BCUT2D eigenvalue weighted by atomic mass is 10.0. The Balaban J connectivity index is 1.84. The number of Topliss-reactive ketones (excluding diaryl/α,β-unsaturated/α-hetero) is 1. The number of aryl methyl sites for hydroxylation is 1. The van der Waals surface area contributed by atoms with Crippen molar-refractivity contribution in [2.45, 2.75) is 25.7 Å². The Hall–Kier alpha value is -1.67. The molecule has 0 heterocycles. The minimum Gasteiger partial charge on any atom is -0.299 e. The Morgan fingerprint density at radius 3 is 2.50 bits per heavy atom. The third-order valence-corrected chi connectivity index (χ3v) is 3.55. The molecule has 104 valence electrons. The van der Waals surface area contributed by atoms with E-state index in [1.54, 1.807) is 12.1 Å². The summed E-state index contributed by atoms with van der Waals surface area (Å²) in [5.41, 5.74) is 1.52. The molecule has 0 N–H and O–H groups in total. The van der Waals surface area contributed by atoms with Gasteiger partial charge in [0, 0.05) is 23.4 Å². The summed E-state index contributed by atoms with van der Waals surface area (Å²) in [6.07, 6.45) is 2.15. The molecule has 0 aliphatic rings. The molecule has 0 atom stereocenters. The van der Waals surface area contributed by atoms with Crippen molar-refractivity contribution < 1.29 is 9.18 Å². The molecule has 0 spiro atoms. The SMILES string of the molecule is O=C(CCCc1ccccc1)Cc1c(F)cccc1Cl. The number of carbonyl (C=O) groups excluding carboxylic acids is 1. The Morgan fingerprint density at radius 2 is 1.80 bits per heavy atom. The maximum atomic E-state index is 13.6. The van der Waals surface area contributed by atoms with Gasteiger partial charge in [-0.05, 0) is 30.5 Å². The van der Waals surface area contributed by atoms with Gasteiger partial charge in [0.25, 0.3) is 0 Å². The van der Waals surface area contributed by atoms with Gasteiger partial charge in [-0.15, -0.1) is 0 Å². The van der Waals surface area contributed by atoms with Gasteiger partial charge in [0.05, 0.1) is 0 Å². The predicted octanol–water partition coefficient (Wildman–Crippen LogP) is 4.61. The predicted molar refractivity (Wildman–Crippen MR) is 79.5 cm³/mol. The van der Waals surface area contributed by atoms with Crippen LogP contribution in [0.2, 0.25) is 5.02 Å². The van der Waals surface area contributed by atoms with Gasteiger partial charge < -0.3 is 0 Å². The van der Waals surface area contributed by atoms with Crippen molar-refractivity contribution in [2.75, 3.05) is 0 Å². The first-order valence-electron chi connectivity index (χ1n) is 6.65. The molecule has 0 aromatic heterocycles. The van der Waals surface area contributed by atoms with E-state index in [2.05, 4.69) is 0 Å². The summed E-state index contributed by atoms with van der Waals surface area (Å²) < 4.78 is 13.6. The van der Waals surface area contributed by atoms with Gasteiger partial charge in [-0.1, -0.05) is 48.0 Å². The average Bonchev–Trinajstić information content (AvgIpc) is 2.44. The zero-order valence-corrected chi connectivity index (χ0v) is 11.9. The van der Waals surface area contributed by atoms with Crippen molar-refractivity contribution in [3.63, 3.8) is 0 Å². The van der Waals surface area contributed by atoms with Crippen LogP contribution < -0.4 is 0 Å². The lowest BCUT2D eigenvalue weighted by Crippen LogP contribution is -2.05. The maximum Gasteiger partial charge on any atom is 0.137 e. The zero-order chi connectivity index (χ0) is 14.4. The molecule has 0 radical (unpaired) electrons. The number of ketones is 1. The van der Waals surface area contributed by atoms with E-state index in [0.29, 0.717) is 17.0 Å². The number of carbonyl (C=O) groups is 1. The number of benzene rings is 2. The second-order valence-corrected chi connectivity index (χ2v) is 5.16. The molecule has 0 aliphatic heterocycles. The summed E-state index contributed by atoms with van der Waals surface area (Å²) in [7, 11) is 0. The van der Waals surface area contributed by atoms with Crippen molar-refractivity contribution >= 4 is 17.4 Å². The Bertz CT molecular complexity index is 561. The number of hydrogen-bond acceptors (Lipinski definition) is 1. The minimum absolute atomic E-state index is 0.0212. The number of halogens is 2. The van der Waals surface area contributed by atoms with Gasteiger partial charge in [0.15, 0.2) is 0 Å². The first kappa shape index (κ1) is 14.7. The fourth-order valence-electron chi connectivity index (χ4n) is 2.12. The molecule has 0 aliphatic carbocycles. The van der Waals surface area contributed by atoms with Crippen LogP contribution in [0, 0.1) is 5.82 Å². The summed E-state index contributed by atoms with van der Waals surface area (Å²) >= 11 is 5.91. The Labute approximate surface area is 123 Å². The lowest BCUT2D eigenvalue weighted by molar-refractivity contribution is -0.118. The van der Waals surface area contributed by atoms with E-state index in [9.17, 15) is 9.18 Å². The molecule has 0 amide bonds. The highest BCUT2D eigenvalue weighted by Gasteiger charge is 2.11. The summed E-state index contributed by atoms with van der Waals surface area (Å²) in [4.78, 5) is 11.9. The van der Waals surface area contributed by atoms with Crippen molar-refractivity contribution in [1.82, 2.24) is 0 Å². The fourth-order valence-corrected chi connectivity index (χ4v) is 2.35. The minimum atomic E-state index is -0.408. The first-order valence-corrected chi connectivity index (χ1v) is 7.03. The van der Waals surface area contributed by atoms with E-state index < -0.39 is 5.82 Å². The van der Waals surface area contributed by atoms with E-state index in [1.807, 2.05) is 30.3 Å². The third kappa shape index (κ3) is 4.17. The Morgan fingerprint density at radius 1 is 1.05 bits per heavy atom. The van der Waals surface area contributed by atoms with Gasteiger partial charge in [-0.2, -0.15) is 0 Å². The molecule has 0 saturated carbocycles. The molecular formula is C17H16ClFO. The molecule has 2 aromatic carbocycles. The zero-order valence-electron chi connectivity index (χ0n) is 11.1. The summed E-state index contributed by atoms with van der Waals surface area (Å²) in [5.74, 6) is -0.387. The molecule has 20 heavy (non-hydrogen) atoms. The van der Waals surface area contributed by atoms with Gasteiger partial charge in [-0.25, -0.2) is 4.39 Å². The van der Waals surface area contributed by atoms with Crippen LogP contribution in [0.15, 0.2) is 48.5 Å². The largest absolute Gasteiger partial charge is 0.299 e. The van der Waals surface area contributed by atoms with Crippen LogP contribution in [0.1, 0.15) is 24.0 Å². The molecule has 0 saturated heterocycles. The van der Waals surface area contributed by atoms with Crippen LogP contribution in [0.25, 0.3) is 0 Å². The molecule has 0 unspecified atom stereocenters. The second-order valence-electron chi connectivity index (χ2n) is 4.75. The summed E-state index contributed by atoms with van der Waals surface area (Å²) in [6, 6.07) is 14.5. The van der Waals surface area contributed by atoms with E-state index in [-0.39, 0.29) is 12.2 Å². The van der Waals surface area contributed by atoms with E-state index in [4.69, 9.17) is 11.6 Å². The highest BCUT2D eigenvalue weighted by molar-refractivity contribution is 6.31. The van der Waals surface area contributed by atoms with E-state index in [0.717, 1.165) is 12.8 Å². The van der Waals surface area contributed by atoms with Crippen molar-refractivity contribution in [1.29, 1.82) is 0 Å². The normalized spacial score (nSPS) is 10.5. The lowest BCUT2D eigenvalue weighted by Gasteiger charge is -2.05. The third-order valence-electron chi connectivity index (χ3n) is 3.20. The van der Waals surface area contributed by atoms with Crippen molar-refractivity contribution in [2.24, 2.45) is 0 Å². The smallest absolute Gasteiger partial charge is 0.137 e. The monoisotopic (exact) mass is 290 g/mol. The molecule has 2 aromatic rings. The number of rotatable bonds is 6. The van der Waals surface area contributed by atoms with Gasteiger partial charge in [-0.3, -0.25) is 4.79 Å². The van der Waals surface area contributed by atoms with Crippen molar-refractivity contribution in [3.05, 3.63) is 70.5 Å². The first-order chi connectivity index (χ1) is 9.66. The topological polar surface area (TPSA) is 17.1 Å². The van der Waals surface area contributed by atoms with Crippen LogP contribution in [0.5, 0.6) is 0 Å². The Kier molecular flexibility index (Phi) is 5.31. The van der Waals surface area contributed by atoms with Gasteiger partial charge in [0.2, 0.25) is 0 Å². The van der Waals surface area contributed by atoms with Gasteiger partial charge >= 0.3 is 0 Å².